The van der Waals surface area contributed by atoms with E-state index in [0.717, 1.165) is 0 Å². The third-order valence-electron chi connectivity index (χ3n) is 4.71. The molecule has 0 aromatic carbocycles. The van der Waals surface area contributed by atoms with Gasteiger partial charge in [0.2, 0.25) is 17.7 Å². The fraction of sp³-hybridized carbons (Fsp3) is 0.500. The van der Waals surface area contributed by atoms with Crippen molar-refractivity contribution in [1.29, 1.82) is 0 Å². The van der Waals surface area contributed by atoms with Gasteiger partial charge in [-0.25, -0.2) is 14.8 Å². The number of amides is 3. The molecule has 3 atom stereocenters. The largest absolute Gasteiger partial charge is 0.480 e. The van der Waals surface area contributed by atoms with Gasteiger partial charge in [0.1, 0.15) is 12.1 Å². The Balaban J connectivity index is 2.00. The van der Waals surface area contributed by atoms with Crippen molar-refractivity contribution >= 4 is 23.7 Å². The number of carboxylic acid groups (broad SMARTS) is 1. The second kappa shape index (κ2) is 12.3. The van der Waals surface area contributed by atoms with Crippen LogP contribution >= 0.6 is 0 Å². The lowest BCUT2D eigenvalue weighted by Crippen LogP contribution is -2.55. The van der Waals surface area contributed by atoms with E-state index in [2.05, 4.69) is 35.9 Å². The van der Waals surface area contributed by atoms with Crippen LogP contribution in [0.25, 0.3) is 0 Å². The smallest absolute Gasteiger partial charge is 0.326 e. The zero-order valence-electron chi connectivity index (χ0n) is 18.5. The Morgan fingerprint density at radius 1 is 0.970 bits per heavy atom. The minimum atomic E-state index is -1.24. The number of aliphatic carboxylic acids is 1. The summed E-state index contributed by atoms with van der Waals surface area (Å²) in [7, 11) is 0. The van der Waals surface area contributed by atoms with Gasteiger partial charge in [0, 0.05) is 36.6 Å². The first kappa shape index (κ1) is 25.5. The van der Waals surface area contributed by atoms with Crippen LogP contribution < -0.4 is 21.7 Å². The number of carbonyl (C=O) groups excluding carboxylic acids is 3. The highest BCUT2D eigenvalue weighted by atomic mass is 16.4. The molecule has 0 saturated carbocycles. The Morgan fingerprint density at radius 2 is 1.55 bits per heavy atom. The van der Waals surface area contributed by atoms with Crippen LogP contribution in [0.4, 0.5) is 0 Å². The number of nitrogens with zero attached hydrogens (tertiary/aromatic N) is 2. The number of rotatable bonds is 13. The predicted molar refractivity (Wildman–Crippen MR) is 117 cm³/mol. The normalized spacial score (nSPS) is 13.7. The maximum atomic E-state index is 12.9. The molecule has 13 heteroatoms. The highest BCUT2D eigenvalue weighted by Crippen LogP contribution is 2.04. The summed E-state index contributed by atoms with van der Waals surface area (Å²) in [6.07, 6.45) is 6.24. The summed E-state index contributed by atoms with van der Waals surface area (Å²) in [6.45, 7) is 3.47. The van der Waals surface area contributed by atoms with Gasteiger partial charge in [-0.2, -0.15) is 0 Å². The molecule has 180 valence electrons. The first-order chi connectivity index (χ1) is 15.7. The van der Waals surface area contributed by atoms with Crippen LogP contribution in [0.5, 0.6) is 0 Å². The highest BCUT2D eigenvalue weighted by molar-refractivity contribution is 5.92. The van der Waals surface area contributed by atoms with Crippen molar-refractivity contribution in [3.05, 3.63) is 36.4 Å². The first-order valence-electron chi connectivity index (χ1n) is 10.5. The zero-order chi connectivity index (χ0) is 24.4. The Bertz CT molecular complexity index is 913. The van der Waals surface area contributed by atoms with Crippen LogP contribution in [0.15, 0.2) is 25.0 Å². The molecule has 2 rings (SSSR count). The van der Waals surface area contributed by atoms with Crippen LogP contribution in [-0.4, -0.2) is 73.4 Å². The number of hydrogen-bond acceptors (Lipinski definition) is 7. The van der Waals surface area contributed by atoms with Gasteiger partial charge < -0.3 is 36.8 Å². The topological polar surface area (TPSA) is 208 Å². The molecule has 0 fully saturated rings. The molecule has 0 saturated heterocycles. The minimum Gasteiger partial charge on any atom is -0.480 e. The SMILES string of the molecule is CC(C)CC(N)C(=O)NCC(=O)NC(Cc1cnc[nH]1)C(=O)NC(Cc1cnc[nH]1)C(=O)O. The maximum Gasteiger partial charge on any atom is 0.326 e. The number of aromatic nitrogens is 4. The van der Waals surface area contributed by atoms with E-state index in [-0.39, 0.29) is 25.3 Å². The number of nitrogens with two attached hydrogens (primary N) is 1. The van der Waals surface area contributed by atoms with E-state index >= 15 is 0 Å². The number of aromatic amines is 2. The number of H-pyrrole nitrogens is 2. The molecule has 0 spiro atoms. The molecule has 3 unspecified atom stereocenters. The third kappa shape index (κ3) is 8.73. The lowest BCUT2D eigenvalue weighted by molar-refractivity contribution is -0.142. The fourth-order valence-electron chi connectivity index (χ4n) is 3.07. The van der Waals surface area contributed by atoms with Gasteiger partial charge >= 0.3 is 5.97 Å². The Labute approximate surface area is 190 Å². The number of carbonyl (C=O) groups is 4. The van der Waals surface area contributed by atoms with Gasteiger partial charge in [-0.3, -0.25) is 14.4 Å². The van der Waals surface area contributed by atoms with E-state index in [9.17, 15) is 24.3 Å². The number of hydrogen-bond donors (Lipinski definition) is 7. The summed E-state index contributed by atoms with van der Waals surface area (Å²) in [6, 6.07) is -3.10. The van der Waals surface area contributed by atoms with Crippen molar-refractivity contribution in [3.63, 3.8) is 0 Å². The summed E-state index contributed by atoms with van der Waals surface area (Å²) in [5.74, 6) is -2.83. The molecule has 0 radical (unpaired) electrons. The monoisotopic (exact) mass is 462 g/mol. The lowest BCUT2D eigenvalue weighted by Gasteiger charge is -2.21. The first-order valence-corrected chi connectivity index (χ1v) is 10.5. The molecule has 13 nitrogen and oxygen atoms in total. The van der Waals surface area contributed by atoms with Crippen molar-refractivity contribution in [2.24, 2.45) is 11.7 Å². The molecule has 8 N–H and O–H groups in total. The van der Waals surface area contributed by atoms with E-state index in [1.165, 1.54) is 25.0 Å². The fourth-order valence-corrected chi connectivity index (χ4v) is 3.07. The Hall–Kier alpha value is -3.74. The second-order valence-corrected chi connectivity index (χ2v) is 8.04. The van der Waals surface area contributed by atoms with Gasteiger partial charge in [0.25, 0.3) is 0 Å². The molecule has 0 bridgehead atoms. The van der Waals surface area contributed by atoms with E-state index in [0.29, 0.717) is 17.8 Å². The second-order valence-electron chi connectivity index (χ2n) is 8.04. The molecular weight excluding hydrogens is 432 g/mol. The average Bonchev–Trinajstić information content (AvgIpc) is 3.44. The zero-order valence-corrected chi connectivity index (χ0v) is 18.5. The average molecular weight is 463 g/mol. The minimum absolute atomic E-state index is 0.0183. The summed E-state index contributed by atoms with van der Waals surface area (Å²) in [5.41, 5.74) is 6.88. The van der Waals surface area contributed by atoms with E-state index in [4.69, 9.17) is 5.73 Å². The number of imidazole rings is 2. The number of nitrogens with one attached hydrogen (secondary N) is 5. The Morgan fingerprint density at radius 3 is 2.03 bits per heavy atom. The van der Waals surface area contributed by atoms with Gasteiger partial charge in [0.05, 0.1) is 25.2 Å². The van der Waals surface area contributed by atoms with Crippen molar-refractivity contribution in [2.75, 3.05) is 6.54 Å². The van der Waals surface area contributed by atoms with Gasteiger partial charge in [-0.05, 0) is 12.3 Å². The lowest BCUT2D eigenvalue weighted by atomic mass is 10.0. The Kier molecular flexibility index (Phi) is 9.54. The molecular formula is C20H30N8O5. The van der Waals surface area contributed by atoms with Gasteiger partial charge in [-0.15, -0.1) is 0 Å². The summed E-state index contributed by atoms with van der Waals surface area (Å²) < 4.78 is 0. The van der Waals surface area contributed by atoms with Crippen molar-refractivity contribution in [3.8, 4) is 0 Å². The van der Waals surface area contributed by atoms with Crippen LogP contribution in [0.1, 0.15) is 31.7 Å². The predicted octanol–water partition coefficient (Wildman–Crippen LogP) is -1.54. The molecule has 0 aliphatic heterocycles. The van der Waals surface area contributed by atoms with E-state index in [1.54, 1.807) is 0 Å². The van der Waals surface area contributed by atoms with Crippen molar-refractivity contribution in [2.45, 2.75) is 51.2 Å². The van der Waals surface area contributed by atoms with Crippen LogP contribution in [0.2, 0.25) is 0 Å². The molecule has 2 aromatic heterocycles. The summed E-state index contributed by atoms with van der Waals surface area (Å²) >= 11 is 0. The molecule has 3 amide bonds. The van der Waals surface area contributed by atoms with Crippen LogP contribution in [-0.2, 0) is 32.0 Å². The van der Waals surface area contributed by atoms with E-state index < -0.39 is 41.8 Å². The summed E-state index contributed by atoms with van der Waals surface area (Å²) in [5, 5.41) is 16.9. The quantitative estimate of drug-likeness (QED) is 0.185. The van der Waals surface area contributed by atoms with Gasteiger partial charge in [0.15, 0.2) is 0 Å². The molecule has 0 aliphatic rings. The van der Waals surface area contributed by atoms with Crippen LogP contribution in [0.3, 0.4) is 0 Å². The number of carboxylic acids is 1. The van der Waals surface area contributed by atoms with Crippen molar-refractivity contribution in [1.82, 2.24) is 35.9 Å². The standard InChI is InChI=1S/C20H30N8O5/c1-11(2)3-14(21)18(30)24-8-17(29)27-15(4-12-6-22-9-25-12)19(31)28-16(20(32)33)5-13-7-23-10-26-13/h6-7,9-11,14-16H,3-5,8,21H2,1-2H3,(H,22,25)(H,23,26)(H,24,30)(H,27,29)(H,28,31)(H,32,33). The third-order valence-corrected chi connectivity index (χ3v) is 4.71. The molecule has 2 heterocycles. The summed E-state index contributed by atoms with van der Waals surface area (Å²) in [4.78, 5) is 62.3. The van der Waals surface area contributed by atoms with E-state index in [1.807, 2.05) is 13.8 Å². The van der Waals surface area contributed by atoms with Crippen LogP contribution in [0, 0.1) is 5.92 Å². The van der Waals surface area contributed by atoms with Gasteiger partial charge in [-0.1, -0.05) is 13.8 Å². The molecule has 2 aromatic rings. The maximum absolute atomic E-state index is 12.9. The van der Waals surface area contributed by atoms with Crippen molar-refractivity contribution < 1.29 is 24.3 Å². The molecule has 33 heavy (non-hydrogen) atoms. The molecule has 0 aliphatic carbocycles. The highest BCUT2D eigenvalue weighted by Gasteiger charge is 2.28.